The van der Waals surface area contributed by atoms with E-state index in [-0.39, 0.29) is 41.8 Å². The second-order valence-electron chi connectivity index (χ2n) is 7.37. The quantitative estimate of drug-likeness (QED) is 0.379. The maximum absolute atomic E-state index is 12.6. The maximum atomic E-state index is 12.6. The van der Waals surface area contributed by atoms with Gasteiger partial charge in [-0.3, -0.25) is 4.79 Å². The highest BCUT2D eigenvalue weighted by atomic mass is 32.2. The van der Waals surface area contributed by atoms with Crippen LogP contribution in [0.25, 0.3) is 0 Å². The minimum atomic E-state index is -3.80. The maximum Gasteiger partial charge on any atom is 0.243 e. The van der Waals surface area contributed by atoms with E-state index in [0.717, 1.165) is 19.6 Å². The number of nitrogens with zero attached hydrogens (tertiary/aromatic N) is 2. The zero-order valence-corrected chi connectivity index (χ0v) is 20.4. The Morgan fingerprint density at radius 2 is 1.59 bits per heavy atom. The van der Waals surface area contributed by atoms with Crippen LogP contribution in [-0.2, 0) is 29.6 Å². The molecular weight excluding hydrogens is 456 g/mol. The number of likely N-dealkylation sites (N-methyl/N-ethyl adjacent to an activating group) is 1. The van der Waals surface area contributed by atoms with Crippen molar-refractivity contribution in [3.63, 3.8) is 0 Å². The van der Waals surface area contributed by atoms with Gasteiger partial charge in [0.25, 0.3) is 0 Å². The molecule has 0 atom stereocenters. The van der Waals surface area contributed by atoms with Gasteiger partial charge in [0.2, 0.25) is 26.0 Å². The van der Waals surface area contributed by atoms with E-state index in [1.54, 1.807) is 0 Å². The van der Waals surface area contributed by atoms with Crippen LogP contribution in [0.3, 0.4) is 0 Å². The normalized spacial score (nSPS) is 15.7. The van der Waals surface area contributed by atoms with E-state index in [1.165, 1.54) is 28.6 Å². The van der Waals surface area contributed by atoms with Crippen LogP contribution in [0.4, 0.5) is 0 Å². The SMILES string of the molecule is CCN(CC)CCNC(=O)CCCNS(=O)(=O)c1ccc(S(=O)(=O)N2CCOCC2)cc1. The number of amides is 1. The predicted molar refractivity (Wildman–Crippen MR) is 121 cm³/mol. The van der Waals surface area contributed by atoms with Gasteiger partial charge in [-0.1, -0.05) is 13.8 Å². The van der Waals surface area contributed by atoms with Crippen molar-refractivity contribution < 1.29 is 26.4 Å². The first-order valence-corrected chi connectivity index (χ1v) is 13.8. The number of ether oxygens (including phenoxy) is 1. The summed E-state index contributed by atoms with van der Waals surface area (Å²) in [6.45, 7) is 8.64. The van der Waals surface area contributed by atoms with Gasteiger partial charge in [-0.25, -0.2) is 21.6 Å². The van der Waals surface area contributed by atoms with Gasteiger partial charge in [0.05, 0.1) is 23.0 Å². The Morgan fingerprint density at radius 3 is 2.19 bits per heavy atom. The molecule has 1 amide bonds. The zero-order chi connectivity index (χ0) is 23.6. The molecule has 1 aliphatic rings. The molecule has 1 heterocycles. The van der Waals surface area contributed by atoms with Crippen molar-refractivity contribution in [1.82, 2.24) is 19.2 Å². The summed E-state index contributed by atoms with van der Waals surface area (Å²) in [5.41, 5.74) is 0. The number of rotatable bonds is 13. The third kappa shape index (κ3) is 7.78. The highest BCUT2D eigenvalue weighted by Crippen LogP contribution is 2.19. The topological polar surface area (TPSA) is 125 Å². The first-order chi connectivity index (χ1) is 15.2. The summed E-state index contributed by atoms with van der Waals surface area (Å²) >= 11 is 0. The number of carbonyl (C=O) groups is 1. The fourth-order valence-electron chi connectivity index (χ4n) is 3.25. The Morgan fingerprint density at radius 1 is 1.00 bits per heavy atom. The van der Waals surface area contributed by atoms with E-state index in [1.807, 2.05) is 0 Å². The molecule has 0 spiro atoms. The molecule has 10 nitrogen and oxygen atoms in total. The Bertz CT molecular complexity index is 925. The van der Waals surface area contributed by atoms with Crippen LogP contribution in [0, 0.1) is 0 Å². The number of nitrogens with one attached hydrogen (secondary N) is 2. The third-order valence-electron chi connectivity index (χ3n) is 5.26. The summed E-state index contributed by atoms with van der Waals surface area (Å²) in [6, 6.07) is 5.14. The van der Waals surface area contributed by atoms with Gasteiger partial charge in [-0.15, -0.1) is 0 Å². The van der Waals surface area contributed by atoms with E-state index >= 15 is 0 Å². The lowest BCUT2D eigenvalue weighted by Crippen LogP contribution is -2.40. The standard InChI is InChI=1S/C20H34N4O6S2/c1-3-23(4-2)13-12-21-20(25)6-5-11-22-31(26,27)18-7-9-19(10-8-18)32(28,29)24-14-16-30-17-15-24/h7-10,22H,3-6,11-17H2,1-2H3,(H,21,25). The molecule has 1 aromatic carbocycles. The minimum Gasteiger partial charge on any atom is -0.379 e. The van der Waals surface area contributed by atoms with Crippen LogP contribution in [0.2, 0.25) is 0 Å². The molecular formula is C20H34N4O6S2. The molecule has 182 valence electrons. The lowest BCUT2D eigenvalue weighted by molar-refractivity contribution is -0.121. The molecule has 32 heavy (non-hydrogen) atoms. The molecule has 0 radical (unpaired) electrons. The number of benzene rings is 1. The average Bonchev–Trinajstić information content (AvgIpc) is 2.80. The molecule has 0 unspecified atom stereocenters. The molecule has 1 fully saturated rings. The Kier molecular flexibility index (Phi) is 10.5. The lowest BCUT2D eigenvalue weighted by atomic mass is 10.3. The number of carbonyl (C=O) groups excluding carboxylic acids is 1. The van der Waals surface area contributed by atoms with Crippen molar-refractivity contribution >= 4 is 26.0 Å². The lowest BCUT2D eigenvalue weighted by Gasteiger charge is -2.26. The molecule has 1 saturated heterocycles. The van der Waals surface area contributed by atoms with E-state index in [2.05, 4.69) is 28.8 Å². The highest BCUT2D eigenvalue weighted by molar-refractivity contribution is 7.89. The third-order valence-corrected chi connectivity index (χ3v) is 8.65. The first kappa shape index (κ1) is 26.7. The molecule has 1 aliphatic heterocycles. The Labute approximate surface area is 191 Å². The molecule has 0 aromatic heterocycles. The second-order valence-corrected chi connectivity index (χ2v) is 11.1. The van der Waals surface area contributed by atoms with Crippen LogP contribution in [-0.4, -0.2) is 91.0 Å². The first-order valence-electron chi connectivity index (χ1n) is 10.9. The fraction of sp³-hybridized carbons (Fsp3) is 0.650. The average molecular weight is 491 g/mol. The molecule has 12 heteroatoms. The highest BCUT2D eigenvalue weighted by Gasteiger charge is 2.26. The van der Waals surface area contributed by atoms with E-state index in [9.17, 15) is 21.6 Å². The van der Waals surface area contributed by atoms with Gasteiger partial charge in [0.1, 0.15) is 0 Å². The number of hydrogen-bond acceptors (Lipinski definition) is 7. The van der Waals surface area contributed by atoms with Crippen molar-refractivity contribution in [2.75, 3.05) is 59.0 Å². The largest absolute Gasteiger partial charge is 0.379 e. The van der Waals surface area contributed by atoms with Crippen molar-refractivity contribution in [1.29, 1.82) is 0 Å². The Hall–Kier alpha value is -1.57. The smallest absolute Gasteiger partial charge is 0.243 e. The molecule has 2 N–H and O–H groups in total. The van der Waals surface area contributed by atoms with Crippen molar-refractivity contribution in [3.05, 3.63) is 24.3 Å². The van der Waals surface area contributed by atoms with Gasteiger partial charge >= 0.3 is 0 Å². The van der Waals surface area contributed by atoms with Crippen molar-refractivity contribution in [3.8, 4) is 0 Å². The number of morpholine rings is 1. The second kappa shape index (κ2) is 12.6. The zero-order valence-electron chi connectivity index (χ0n) is 18.7. The van der Waals surface area contributed by atoms with Gasteiger partial charge in [-0.2, -0.15) is 4.31 Å². The molecule has 0 aliphatic carbocycles. The van der Waals surface area contributed by atoms with E-state index < -0.39 is 20.0 Å². The molecule has 0 saturated carbocycles. The van der Waals surface area contributed by atoms with Gasteiger partial charge in [0, 0.05) is 39.1 Å². The summed E-state index contributed by atoms with van der Waals surface area (Å²) in [5.74, 6) is -0.117. The summed E-state index contributed by atoms with van der Waals surface area (Å²) in [5, 5.41) is 2.83. The predicted octanol–water partition coefficient (Wildman–Crippen LogP) is 0.224. The molecule has 0 bridgehead atoms. The number of hydrogen-bond donors (Lipinski definition) is 2. The minimum absolute atomic E-state index is 0.0258. The summed E-state index contributed by atoms with van der Waals surface area (Å²) in [7, 11) is -7.48. The van der Waals surface area contributed by atoms with Gasteiger partial charge in [-0.05, 0) is 43.8 Å². The number of sulfonamides is 2. The fourth-order valence-corrected chi connectivity index (χ4v) is 5.73. The van der Waals surface area contributed by atoms with Crippen molar-refractivity contribution in [2.45, 2.75) is 36.5 Å². The van der Waals surface area contributed by atoms with Crippen molar-refractivity contribution in [2.24, 2.45) is 0 Å². The summed E-state index contributed by atoms with van der Waals surface area (Å²) in [6.07, 6.45) is 0.581. The van der Waals surface area contributed by atoms with Gasteiger partial charge < -0.3 is 15.0 Å². The van der Waals surface area contributed by atoms with Crippen LogP contribution in [0.5, 0.6) is 0 Å². The summed E-state index contributed by atoms with van der Waals surface area (Å²) < 4.78 is 59.1. The van der Waals surface area contributed by atoms with E-state index in [4.69, 9.17) is 4.74 Å². The van der Waals surface area contributed by atoms with Crippen LogP contribution < -0.4 is 10.0 Å². The Balaban J connectivity index is 1.80. The summed E-state index contributed by atoms with van der Waals surface area (Å²) in [4.78, 5) is 14.1. The van der Waals surface area contributed by atoms with E-state index in [0.29, 0.717) is 26.2 Å². The molecule has 1 aromatic rings. The van der Waals surface area contributed by atoms with Gasteiger partial charge in [0.15, 0.2) is 0 Å². The monoisotopic (exact) mass is 490 g/mol. The molecule has 2 rings (SSSR count). The van der Waals surface area contributed by atoms with Crippen LogP contribution >= 0.6 is 0 Å². The van der Waals surface area contributed by atoms with Crippen LogP contribution in [0.1, 0.15) is 26.7 Å². The van der Waals surface area contributed by atoms with Crippen LogP contribution in [0.15, 0.2) is 34.1 Å².